The van der Waals surface area contributed by atoms with Crippen LogP contribution in [0.5, 0.6) is 0 Å². The van der Waals surface area contributed by atoms with E-state index in [0.717, 1.165) is 12.1 Å². The number of benzene rings is 1. The van der Waals surface area contributed by atoms with E-state index in [1.54, 1.807) is 23.9 Å². The van der Waals surface area contributed by atoms with Crippen molar-refractivity contribution in [2.45, 2.75) is 25.3 Å². The van der Waals surface area contributed by atoms with Crippen LogP contribution < -0.4 is 5.32 Å². The Kier molecular flexibility index (Phi) is 6.20. The number of nitrogens with zero attached hydrogens (tertiary/aromatic N) is 2. The molecule has 1 N–H and O–H groups in total. The number of carbonyl (C=O) groups excluding carboxylic acids is 2. The summed E-state index contributed by atoms with van der Waals surface area (Å²) in [6, 6.07) is 9.66. The number of likely N-dealkylation sites (N-methyl/N-ethyl adjacent to an activating group) is 1. The molecule has 0 aromatic heterocycles. The zero-order valence-corrected chi connectivity index (χ0v) is 14.7. The number of amides is 2. The molecule has 1 heterocycles. The molecule has 1 unspecified atom stereocenters. The summed E-state index contributed by atoms with van der Waals surface area (Å²) in [4.78, 5) is 28.6. The van der Waals surface area contributed by atoms with Gasteiger partial charge in [0, 0.05) is 32.9 Å². The molecule has 0 saturated carbocycles. The maximum atomic E-state index is 12.9. The van der Waals surface area contributed by atoms with Crippen molar-refractivity contribution in [2.75, 3.05) is 45.7 Å². The highest BCUT2D eigenvalue weighted by Gasteiger charge is 2.44. The molecule has 0 radical (unpaired) electrons. The van der Waals surface area contributed by atoms with Gasteiger partial charge in [-0.05, 0) is 31.9 Å². The van der Waals surface area contributed by atoms with Crippen molar-refractivity contribution in [3.05, 3.63) is 30.3 Å². The van der Waals surface area contributed by atoms with E-state index in [2.05, 4.69) is 5.32 Å². The molecule has 6 heteroatoms. The number of likely N-dealkylation sites (tertiary alicyclic amines) is 1. The highest BCUT2D eigenvalue weighted by Crippen LogP contribution is 2.28. The quantitative estimate of drug-likeness (QED) is 0.859. The van der Waals surface area contributed by atoms with Crippen LogP contribution in [0.2, 0.25) is 0 Å². The Morgan fingerprint density at radius 3 is 2.62 bits per heavy atom. The van der Waals surface area contributed by atoms with Crippen LogP contribution in [-0.4, -0.2) is 67.6 Å². The number of hydrogen-bond donors (Lipinski definition) is 1. The van der Waals surface area contributed by atoms with E-state index in [1.165, 1.54) is 0 Å². The van der Waals surface area contributed by atoms with Crippen LogP contribution in [0, 0.1) is 0 Å². The van der Waals surface area contributed by atoms with Gasteiger partial charge in [-0.15, -0.1) is 0 Å². The number of hydrogen-bond acceptors (Lipinski definition) is 4. The number of piperidine rings is 1. The summed E-state index contributed by atoms with van der Waals surface area (Å²) in [5.74, 6) is -0.0809. The number of nitrogens with one attached hydrogen (secondary N) is 1. The maximum Gasteiger partial charge on any atom is 0.249 e. The van der Waals surface area contributed by atoms with Gasteiger partial charge in [0.2, 0.25) is 11.8 Å². The van der Waals surface area contributed by atoms with Gasteiger partial charge in [-0.3, -0.25) is 9.59 Å². The second kappa shape index (κ2) is 8.15. The van der Waals surface area contributed by atoms with Crippen molar-refractivity contribution >= 4 is 17.5 Å². The summed E-state index contributed by atoms with van der Waals surface area (Å²) in [6.07, 6.45) is 1.47. The lowest BCUT2D eigenvalue weighted by atomic mass is 9.87. The molecule has 1 saturated heterocycles. The molecular weight excluding hydrogens is 306 g/mol. The molecule has 0 aliphatic carbocycles. The predicted octanol–water partition coefficient (Wildman–Crippen LogP) is 1.58. The van der Waals surface area contributed by atoms with Gasteiger partial charge in [0.25, 0.3) is 0 Å². The second-order valence-electron chi connectivity index (χ2n) is 6.33. The van der Waals surface area contributed by atoms with Crippen molar-refractivity contribution in [1.29, 1.82) is 0 Å². The molecule has 1 aromatic carbocycles. The van der Waals surface area contributed by atoms with Gasteiger partial charge in [0.1, 0.15) is 12.1 Å². The van der Waals surface area contributed by atoms with Crippen LogP contribution in [0.1, 0.15) is 19.8 Å². The Balaban J connectivity index is 2.22. The largest absolute Gasteiger partial charge is 0.372 e. The Morgan fingerprint density at radius 1 is 1.29 bits per heavy atom. The van der Waals surface area contributed by atoms with Gasteiger partial charge in [-0.2, -0.15) is 0 Å². The molecule has 0 spiro atoms. The van der Waals surface area contributed by atoms with E-state index in [9.17, 15) is 9.59 Å². The molecule has 1 atom stereocenters. The van der Waals surface area contributed by atoms with Gasteiger partial charge in [-0.1, -0.05) is 18.2 Å². The van der Waals surface area contributed by atoms with Crippen molar-refractivity contribution in [2.24, 2.45) is 0 Å². The third-order valence-electron chi connectivity index (χ3n) is 4.25. The zero-order valence-electron chi connectivity index (χ0n) is 14.7. The molecule has 1 aliphatic heterocycles. The van der Waals surface area contributed by atoms with Gasteiger partial charge in [-0.25, -0.2) is 0 Å². The molecule has 1 aliphatic rings. The number of anilines is 1. The van der Waals surface area contributed by atoms with Crippen molar-refractivity contribution in [3.63, 3.8) is 0 Å². The summed E-state index contributed by atoms with van der Waals surface area (Å²) in [7, 11) is 3.50. The Hall–Kier alpha value is -2.08. The van der Waals surface area contributed by atoms with E-state index < -0.39 is 5.54 Å². The smallest absolute Gasteiger partial charge is 0.249 e. The highest BCUT2D eigenvalue weighted by molar-refractivity contribution is 5.90. The number of ether oxygens (including phenoxy) is 1. The number of carbonyl (C=O) groups is 2. The zero-order chi connectivity index (χ0) is 17.6. The van der Waals surface area contributed by atoms with Gasteiger partial charge < -0.3 is 19.9 Å². The van der Waals surface area contributed by atoms with Crippen molar-refractivity contribution in [3.8, 4) is 0 Å². The second-order valence-corrected chi connectivity index (χ2v) is 6.33. The van der Waals surface area contributed by atoms with Crippen LogP contribution in [0.15, 0.2) is 30.3 Å². The number of rotatable bonds is 6. The van der Waals surface area contributed by atoms with E-state index in [4.69, 9.17) is 4.74 Å². The molecule has 24 heavy (non-hydrogen) atoms. The molecule has 1 aromatic rings. The molecule has 1 fully saturated rings. The lowest BCUT2D eigenvalue weighted by Crippen LogP contribution is -2.62. The van der Waals surface area contributed by atoms with Crippen LogP contribution in [0.25, 0.3) is 0 Å². The Bertz CT molecular complexity index is 562. The van der Waals surface area contributed by atoms with E-state index >= 15 is 0 Å². The average molecular weight is 333 g/mol. The van der Waals surface area contributed by atoms with Crippen LogP contribution >= 0.6 is 0 Å². The number of para-hydroxylation sites is 1. The van der Waals surface area contributed by atoms with Gasteiger partial charge in [0.15, 0.2) is 0 Å². The fourth-order valence-corrected chi connectivity index (χ4v) is 3.11. The summed E-state index contributed by atoms with van der Waals surface area (Å²) in [6.45, 7) is 3.44. The van der Waals surface area contributed by atoms with Crippen molar-refractivity contribution in [1.82, 2.24) is 9.80 Å². The molecule has 6 nitrogen and oxygen atoms in total. The SMILES string of the molecule is CCOCC(=O)N1CCCC(Nc2ccccc2)(C(=O)N(C)C)C1. The highest BCUT2D eigenvalue weighted by atomic mass is 16.5. The Morgan fingerprint density at radius 2 is 2.00 bits per heavy atom. The van der Waals surface area contributed by atoms with E-state index in [1.807, 2.05) is 37.3 Å². The molecule has 132 valence electrons. The van der Waals surface area contributed by atoms with Gasteiger partial charge >= 0.3 is 0 Å². The van der Waals surface area contributed by atoms with Crippen molar-refractivity contribution < 1.29 is 14.3 Å². The molecular formula is C18H27N3O3. The standard InChI is InChI=1S/C18H27N3O3/c1-4-24-13-16(22)21-12-8-11-18(14-21,17(23)20(2)3)19-15-9-6-5-7-10-15/h5-7,9-10,19H,4,8,11-14H2,1-3H3. The van der Waals surface area contributed by atoms with E-state index in [-0.39, 0.29) is 18.4 Å². The molecule has 2 rings (SSSR count). The first kappa shape index (κ1) is 18.3. The van der Waals surface area contributed by atoms with Crippen LogP contribution in [0.3, 0.4) is 0 Å². The molecule has 0 bridgehead atoms. The minimum Gasteiger partial charge on any atom is -0.372 e. The average Bonchev–Trinajstić information content (AvgIpc) is 2.60. The maximum absolute atomic E-state index is 12.9. The van der Waals surface area contributed by atoms with E-state index in [0.29, 0.717) is 26.1 Å². The molecule has 2 amide bonds. The Labute approximate surface area is 143 Å². The minimum atomic E-state index is -0.801. The third kappa shape index (κ3) is 4.26. The monoisotopic (exact) mass is 333 g/mol. The minimum absolute atomic E-state index is 0.0136. The lowest BCUT2D eigenvalue weighted by Gasteiger charge is -2.43. The summed E-state index contributed by atoms with van der Waals surface area (Å²) >= 11 is 0. The lowest BCUT2D eigenvalue weighted by molar-refractivity contribution is -0.142. The fourth-order valence-electron chi connectivity index (χ4n) is 3.11. The summed E-state index contributed by atoms with van der Waals surface area (Å²) < 4.78 is 5.24. The first-order valence-electron chi connectivity index (χ1n) is 8.39. The third-order valence-corrected chi connectivity index (χ3v) is 4.25. The first-order valence-corrected chi connectivity index (χ1v) is 8.39. The first-order chi connectivity index (χ1) is 11.5. The summed E-state index contributed by atoms with van der Waals surface area (Å²) in [5.41, 5.74) is 0.0807. The van der Waals surface area contributed by atoms with Crippen LogP contribution in [-0.2, 0) is 14.3 Å². The predicted molar refractivity (Wildman–Crippen MR) is 93.8 cm³/mol. The van der Waals surface area contributed by atoms with Gasteiger partial charge in [0.05, 0.1) is 6.54 Å². The van der Waals surface area contributed by atoms with Crippen LogP contribution in [0.4, 0.5) is 5.69 Å². The topological polar surface area (TPSA) is 61.9 Å². The summed E-state index contributed by atoms with van der Waals surface area (Å²) in [5, 5.41) is 3.39. The normalized spacial score (nSPS) is 20.5. The fraction of sp³-hybridized carbons (Fsp3) is 0.556.